The van der Waals surface area contributed by atoms with Gasteiger partial charge in [0.2, 0.25) is 0 Å². The number of aliphatic hydroxyl groups excluding tert-OH is 1. The van der Waals surface area contributed by atoms with Gasteiger partial charge in [0.25, 0.3) is 0 Å². The summed E-state index contributed by atoms with van der Waals surface area (Å²) in [5.41, 5.74) is 2.71. The monoisotopic (exact) mass is 262 g/mol. The Bertz CT molecular complexity index is 413. The molecule has 3 nitrogen and oxygen atoms in total. The quantitative estimate of drug-likeness (QED) is 0.905. The first kappa shape index (κ1) is 14.4. The zero-order valence-corrected chi connectivity index (χ0v) is 12.6. The Labute approximate surface area is 116 Å². The van der Waals surface area contributed by atoms with Crippen molar-refractivity contribution in [3.8, 4) is 0 Å². The minimum absolute atomic E-state index is 0.128. The van der Waals surface area contributed by atoms with Crippen LogP contribution in [-0.2, 0) is 0 Å². The lowest BCUT2D eigenvalue weighted by Gasteiger charge is -2.51. The van der Waals surface area contributed by atoms with Crippen molar-refractivity contribution in [2.45, 2.75) is 38.8 Å². The second kappa shape index (κ2) is 5.51. The molecule has 1 fully saturated rings. The van der Waals surface area contributed by atoms with Gasteiger partial charge in [0.15, 0.2) is 0 Å². The van der Waals surface area contributed by atoms with E-state index in [0.717, 1.165) is 19.5 Å². The van der Waals surface area contributed by atoms with E-state index in [4.69, 9.17) is 0 Å². The SMILES string of the molecule is Cc1ccc(N2CC(CCO)N(C)C(C)(C)C2)cc1. The number of aliphatic hydroxyl groups is 1. The van der Waals surface area contributed by atoms with E-state index in [9.17, 15) is 5.11 Å². The molecule has 0 amide bonds. The number of aryl methyl sites for hydroxylation is 1. The van der Waals surface area contributed by atoms with Crippen LogP contribution < -0.4 is 4.90 Å². The summed E-state index contributed by atoms with van der Waals surface area (Å²) in [6.07, 6.45) is 0.836. The van der Waals surface area contributed by atoms with E-state index in [1.54, 1.807) is 0 Å². The van der Waals surface area contributed by atoms with Gasteiger partial charge in [-0.2, -0.15) is 0 Å². The van der Waals surface area contributed by atoms with Crippen LogP contribution in [0.4, 0.5) is 5.69 Å². The number of likely N-dealkylation sites (N-methyl/N-ethyl adjacent to an activating group) is 1. The summed E-state index contributed by atoms with van der Waals surface area (Å²) in [5, 5.41) is 9.25. The molecule has 0 bridgehead atoms. The van der Waals surface area contributed by atoms with Gasteiger partial charge in [-0.25, -0.2) is 0 Å². The Morgan fingerprint density at radius 1 is 1.26 bits per heavy atom. The first-order chi connectivity index (χ1) is 8.94. The Balaban J connectivity index is 2.20. The molecule has 3 heteroatoms. The Morgan fingerprint density at radius 3 is 2.47 bits per heavy atom. The van der Waals surface area contributed by atoms with Gasteiger partial charge in [-0.3, -0.25) is 4.90 Å². The zero-order chi connectivity index (χ0) is 14.0. The second-order valence-electron chi connectivity index (χ2n) is 6.31. The highest BCUT2D eigenvalue weighted by atomic mass is 16.3. The molecule has 0 saturated carbocycles. The summed E-state index contributed by atoms with van der Waals surface area (Å²) in [5.74, 6) is 0. The predicted molar refractivity (Wildman–Crippen MR) is 80.7 cm³/mol. The molecule has 1 aliphatic rings. The van der Waals surface area contributed by atoms with Gasteiger partial charge in [-0.15, -0.1) is 0 Å². The number of rotatable bonds is 3. The molecule has 0 spiro atoms. The van der Waals surface area contributed by atoms with E-state index in [0.29, 0.717) is 6.04 Å². The van der Waals surface area contributed by atoms with Crippen molar-refractivity contribution in [2.75, 3.05) is 31.6 Å². The van der Waals surface area contributed by atoms with E-state index in [2.05, 4.69) is 61.9 Å². The summed E-state index contributed by atoms with van der Waals surface area (Å²) >= 11 is 0. The molecule has 0 aliphatic carbocycles. The summed E-state index contributed by atoms with van der Waals surface area (Å²) in [6.45, 7) is 8.94. The highest BCUT2D eigenvalue weighted by molar-refractivity contribution is 5.48. The third kappa shape index (κ3) is 3.10. The number of benzene rings is 1. The van der Waals surface area contributed by atoms with Crippen molar-refractivity contribution in [1.29, 1.82) is 0 Å². The van der Waals surface area contributed by atoms with Crippen LogP contribution in [0, 0.1) is 6.92 Å². The largest absolute Gasteiger partial charge is 0.396 e. The van der Waals surface area contributed by atoms with Crippen molar-refractivity contribution in [2.24, 2.45) is 0 Å². The van der Waals surface area contributed by atoms with Gasteiger partial charge >= 0.3 is 0 Å². The molecule has 0 aromatic heterocycles. The maximum atomic E-state index is 9.25. The van der Waals surface area contributed by atoms with Crippen LogP contribution in [0.3, 0.4) is 0 Å². The van der Waals surface area contributed by atoms with E-state index in [1.807, 2.05) is 0 Å². The highest BCUT2D eigenvalue weighted by Crippen LogP contribution is 2.28. The molecule has 1 N–H and O–H groups in total. The maximum Gasteiger partial charge on any atom is 0.0446 e. The first-order valence-corrected chi connectivity index (χ1v) is 7.09. The predicted octanol–water partition coefficient (Wildman–Crippen LogP) is 2.28. The number of piperazine rings is 1. The molecular formula is C16H26N2O. The van der Waals surface area contributed by atoms with Gasteiger partial charge < -0.3 is 10.0 Å². The summed E-state index contributed by atoms with van der Waals surface area (Å²) in [4.78, 5) is 4.85. The van der Waals surface area contributed by atoms with Crippen LogP contribution in [-0.4, -0.2) is 48.3 Å². The van der Waals surface area contributed by atoms with Gasteiger partial charge in [0.1, 0.15) is 0 Å². The molecule has 1 aliphatic heterocycles. The minimum atomic E-state index is 0.128. The number of nitrogens with zero attached hydrogens (tertiary/aromatic N) is 2. The van der Waals surface area contributed by atoms with Gasteiger partial charge in [0, 0.05) is 37.0 Å². The van der Waals surface area contributed by atoms with E-state index in [-0.39, 0.29) is 12.1 Å². The van der Waals surface area contributed by atoms with Gasteiger partial charge in [0.05, 0.1) is 0 Å². The zero-order valence-electron chi connectivity index (χ0n) is 12.6. The molecule has 0 radical (unpaired) electrons. The molecule has 19 heavy (non-hydrogen) atoms. The third-order valence-corrected chi connectivity index (χ3v) is 4.37. The van der Waals surface area contributed by atoms with Crippen molar-refractivity contribution in [1.82, 2.24) is 4.90 Å². The molecule has 1 heterocycles. The Kier molecular flexibility index (Phi) is 4.16. The van der Waals surface area contributed by atoms with Crippen LogP contribution in [0.1, 0.15) is 25.8 Å². The number of anilines is 1. The fourth-order valence-electron chi connectivity index (χ4n) is 2.90. The van der Waals surface area contributed by atoms with Crippen LogP contribution in [0.5, 0.6) is 0 Å². The lowest BCUT2D eigenvalue weighted by Crippen LogP contribution is -2.62. The van der Waals surface area contributed by atoms with Gasteiger partial charge in [-0.05, 0) is 46.4 Å². The first-order valence-electron chi connectivity index (χ1n) is 7.09. The maximum absolute atomic E-state index is 9.25. The minimum Gasteiger partial charge on any atom is -0.396 e. The van der Waals surface area contributed by atoms with Crippen LogP contribution in [0.15, 0.2) is 24.3 Å². The molecule has 1 unspecified atom stereocenters. The normalized spacial score (nSPS) is 23.6. The molecule has 1 atom stereocenters. The van der Waals surface area contributed by atoms with E-state index >= 15 is 0 Å². The Morgan fingerprint density at radius 2 is 1.89 bits per heavy atom. The second-order valence-corrected chi connectivity index (χ2v) is 6.31. The standard InChI is InChI=1S/C16H26N2O/c1-13-5-7-14(8-6-13)18-11-15(9-10-19)17(4)16(2,3)12-18/h5-8,15,19H,9-12H2,1-4H3. The average molecular weight is 262 g/mol. The fraction of sp³-hybridized carbons (Fsp3) is 0.625. The molecular weight excluding hydrogens is 236 g/mol. The van der Waals surface area contributed by atoms with Crippen molar-refractivity contribution >= 4 is 5.69 Å². The summed E-state index contributed by atoms with van der Waals surface area (Å²) in [6, 6.07) is 9.15. The number of hydrogen-bond donors (Lipinski definition) is 1. The molecule has 106 valence electrons. The van der Waals surface area contributed by atoms with Crippen LogP contribution >= 0.6 is 0 Å². The van der Waals surface area contributed by atoms with Gasteiger partial charge in [-0.1, -0.05) is 17.7 Å². The number of hydrogen-bond acceptors (Lipinski definition) is 3. The summed E-state index contributed by atoms with van der Waals surface area (Å²) < 4.78 is 0. The van der Waals surface area contributed by atoms with E-state index < -0.39 is 0 Å². The average Bonchev–Trinajstić information content (AvgIpc) is 2.36. The molecule has 1 aromatic rings. The fourth-order valence-corrected chi connectivity index (χ4v) is 2.90. The smallest absolute Gasteiger partial charge is 0.0446 e. The third-order valence-electron chi connectivity index (χ3n) is 4.37. The van der Waals surface area contributed by atoms with Crippen molar-refractivity contribution in [3.05, 3.63) is 29.8 Å². The lowest BCUT2D eigenvalue weighted by molar-refractivity contribution is 0.0651. The van der Waals surface area contributed by atoms with Crippen molar-refractivity contribution < 1.29 is 5.11 Å². The van der Waals surface area contributed by atoms with Crippen LogP contribution in [0.25, 0.3) is 0 Å². The molecule has 2 rings (SSSR count). The molecule has 1 saturated heterocycles. The topological polar surface area (TPSA) is 26.7 Å². The highest BCUT2D eigenvalue weighted by Gasteiger charge is 2.37. The molecule has 1 aromatic carbocycles. The lowest BCUT2D eigenvalue weighted by atomic mass is 9.94. The van der Waals surface area contributed by atoms with Crippen LogP contribution in [0.2, 0.25) is 0 Å². The van der Waals surface area contributed by atoms with E-state index in [1.165, 1.54) is 11.3 Å². The summed E-state index contributed by atoms with van der Waals surface area (Å²) in [7, 11) is 2.17. The Hall–Kier alpha value is -1.06. The van der Waals surface area contributed by atoms with Crippen molar-refractivity contribution in [3.63, 3.8) is 0 Å².